The summed E-state index contributed by atoms with van der Waals surface area (Å²) in [4.78, 5) is 13.7. The van der Waals surface area contributed by atoms with Crippen LogP contribution in [0.15, 0.2) is 29.6 Å². The lowest BCUT2D eigenvalue weighted by atomic mass is 9.76. The van der Waals surface area contributed by atoms with Gasteiger partial charge in [0.25, 0.3) is 0 Å². The zero-order valence-corrected chi connectivity index (χ0v) is 22.8. The standard InChI is InChI=1S/C21H20Br4O2S/c1-18(2)19(3,17(26)27)20(18,16(22)21(23,24)25)14-6-4-5-13-12(14)8-7-11-9-10-28-15(11)13/h4-6,9-10,16H,7-8H2,1-3H3,(H,26,27)/t16?,19-,20-/m0/s1. The molecule has 150 valence electrons. The summed E-state index contributed by atoms with van der Waals surface area (Å²) < 4.78 is -0.636. The van der Waals surface area contributed by atoms with Gasteiger partial charge in [0.15, 0.2) is 0 Å². The molecule has 1 unspecified atom stereocenters. The predicted molar refractivity (Wildman–Crippen MR) is 131 cm³/mol. The van der Waals surface area contributed by atoms with E-state index in [9.17, 15) is 9.90 Å². The normalized spacial score (nSPS) is 29.0. The van der Waals surface area contributed by atoms with Crippen molar-refractivity contribution < 1.29 is 9.90 Å². The summed E-state index contributed by atoms with van der Waals surface area (Å²) in [5.74, 6) is -0.760. The minimum absolute atomic E-state index is 0.208. The number of alkyl halides is 4. The van der Waals surface area contributed by atoms with Gasteiger partial charge in [0.1, 0.15) is 2.14 Å². The van der Waals surface area contributed by atoms with Crippen LogP contribution in [-0.4, -0.2) is 18.0 Å². The van der Waals surface area contributed by atoms with Gasteiger partial charge < -0.3 is 5.11 Å². The lowest BCUT2D eigenvalue weighted by Gasteiger charge is -2.36. The second-order valence-corrected chi connectivity index (χ2v) is 17.2. The van der Waals surface area contributed by atoms with Gasteiger partial charge in [0, 0.05) is 10.3 Å². The molecule has 7 heteroatoms. The lowest BCUT2D eigenvalue weighted by molar-refractivity contribution is -0.144. The van der Waals surface area contributed by atoms with Crippen LogP contribution < -0.4 is 0 Å². The first-order valence-corrected chi connectivity index (χ1v) is 13.2. The Bertz CT molecular complexity index is 977. The van der Waals surface area contributed by atoms with Crippen molar-refractivity contribution >= 4 is 81.0 Å². The van der Waals surface area contributed by atoms with E-state index in [2.05, 4.69) is 107 Å². The van der Waals surface area contributed by atoms with Crippen LogP contribution in [0, 0.1) is 10.8 Å². The van der Waals surface area contributed by atoms with Crippen molar-refractivity contribution in [1.29, 1.82) is 0 Å². The molecule has 2 aliphatic rings. The molecule has 1 aromatic heterocycles. The topological polar surface area (TPSA) is 37.3 Å². The van der Waals surface area contributed by atoms with Gasteiger partial charge in [-0.1, -0.05) is 95.8 Å². The molecular formula is C21H20Br4O2S. The zero-order chi connectivity index (χ0) is 20.7. The summed E-state index contributed by atoms with van der Waals surface area (Å²) >= 11 is 16.7. The maximum Gasteiger partial charge on any atom is 0.310 e. The van der Waals surface area contributed by atoms with Crippen molar-refractivity contribution in [2.75, 3.05) is 0 Å². The summed E-state index contributed by atoms with van der Waals surface area (Å²) in [6, 6.07) is 8.61. The van der Waals surface area contributed by atoms with Crippen molar-refractivity contribution in [2.24, 2.45) is 10.8 Å². The molecule has 1 heterocycles. The number of hydrogen-bond acceptors (Lipinski definition) is 2. The molecule has 0 radical (unpaired) electrons. The monoisotopic (exact) mass is 652 g/mol. The largest absolute Gasteiger partial charge is 0.481 e. The van der Waals surface area contributed by atoms with Crippen LogP contribution in [0.2, 0.25) is 0 Å². The van der Waals surface area contributed by atoms with Gasteiger partial charge in [-0.25, -0.2) is 0 Å². The van der Waals surface area contributed by atoms with Gasteiger partial charge in [-0.3, -0.25) is 4.79 Å². The number of carboxylic acids is 1. The van der Waals surface area contributed by atoms with E-state index in [-0.39, 0.29) is 4.83 Å². The molecule has 2 aromatic rings. The number of aryl methyl sites for hydroxylation is 1. The predicted octanol–water partition coefficient (Wildman–Crippen LogP) is 7.48. The van der Waals surface area contributed by atoms with Crippen molar-refractivity contribution in [3.05, 3.63) is 46.3 Å². The Balaban J connectivity index is 2.03. The minimum atomic E-state index is -0.917. The third-order valence-electron chi connectivity index (χ3n) is 7.29. The molecule has 0 spiro atoms. The average molecular weight is 656 g/mol. The molecule has 1 aromatic carbocycles. The number of benzene rings is 1. The highest BCUT2D eigenvalue weighted by Crippen LogP contribution is 2.83. The Labute approximate surface area is 203 Å². The quantitative estimate of drug-likeness (QED) is 0.348. The second-order valence-electron chi connectivity index (χ2n) is 8.37. The van der Waals surface area contributed by atoms with Gasteiger partial charge in [-0.15, -0.1) is 11.3 Å². The lowest BCUT2D eigenvalue weighted by Crippen LogP contribution is -2.40. The molecule has 0 aliphatic heterocycles. The third kappa shape index (κ3) is 2.49. The average Bonchev–Trinajstić information content (AvgIpc) is 2.94. The van der Waals surface area contributed by atoms with Crippen LogP contribution in [0.5, 0.6) is 0 Å². The molecule has 1 N–H and O–H groups in total. The van der Waals surface area contributed by atoms with Crippen LogP contribution in [-0.2, 0) is 23.1 Å². The zero-order valence-electron chi connectivity index (χ0n) is 15.7. The highest BCUT2D eigenvalue weighted by atomic mass is 80.0. The van der Waals surface area contributed by atoms with Crippen molar-refractivity contribution in [1.82, 2.24) is 0 Å². The number of carbonyl (C=O) groups is 1. The van der Waals surface area contributed by atoms with Crippen molar-refractivity contribution in [3.8, 4) is 10.4 Å². The maximum absolute atomic E-state index is 12.6. The summed E-state index contributed by atoms with van der Waals surface area (Å²) in [6.07, 6.45) is 1.93. The first-order chi connectivity index (χ1) is 12.9. The number of aliphatic carboxylic acids is 1. The van der Waals surface area contributed by atoms with Crippen LogP contribution in [0.1, 0.15) is 37.5 Å². The molecule has 0 bridgehead atoms. The Morgan fingerprint density at radius 1 is 1.18 bits per heavy atom. The van der Waals surface area contributed by atoms with E-state index in [4.69, 9.17) is 0 Å². The Hall–Kier alpha value is 0.310. The molecule has 0 saturated heterocycles. The number of hydrogen-bond donors (Lipinski definition) is 1. The molecule has 3 atom stereocenters. The molecule has 1 fully saturated rings. The fourth-order valence-electron chi connectivity index (χ4n) is 5.59. The summed E-state index contributed by atoms with van der Waals surface area (Å²) in [5.41, 5.74) is 3.10. The Kier molecular flexibility index (Phi) is 5.12. The SMILES string of the molecule is CC1(C)[C@](C)(C(=O)O)[C@@]1(c1cccc2c1CCc1ccsc1-2)C(Br)C(Br)(Br)Br. The number of rotatable bonds is 3. The summed E-state index contributed by atoms with van der Waals surface area (Å²) in [5, 5.41) is 12.5. The van der Waals surface area contributed by atoms with E-state index >= 15 is 0 Å². The van der Waals surface area contributed by atoms with Gasteiger partial charge in [0.2, 0.25) is 0 Å². The Morgan fingerprint density at radius 3 is 2.43 bits per heavy atom. The highest BCUT2D eigenvalue weighted by Gasteiger charge is 2.87. The van der Waals surface area contributed by atoms with Crippen molar-refractivity contribution in [2.45, 2.75) is 46.0 Å². The number of thiophene rings is 1. The number of fused-ring (bicyclic) bond motifs is 3. The number of carboxylic acid groups (broad SMARTS) is 1. The van der Waals surface area contributed by atoms with Gasteiger partial charge >= 0.3 is 5.97 Å². The van der Waals surface area contributed by atoms with E-state index in [1.165, 1.54) is 21.6 Å². The van der Waals surface area contributed by atoms with E-state index < -0.39 is 24.4 Å². The molecule has 28 heavy (non-hydrogen) atoms. The fourth-order valence-corrected chi connectivity index (χ4v) is 8.91. The van der Waals surface area contributed by atoms with Crippen LogP contribution >= 0.6 is 75.1 Å². The minimum Gasteiger partial charge on any atom is -0.481 e. The third-order valence-corrected chi connectivity index (χ3v) is 12.9. The highest BCUT2D eigenvalue weighted by molar-refractivity contribution is 9.40. The second kappa shape index (κ2) is 6.65. The van der Waals surface area contributed by atoms with Crippen LogP contribution in [0.4, 0.5) is 0 Å². The van der Waals surface area contributed by atoms with Crippen LogP contribution in [0.25, 0.3) is 10.4 Å². The van der Waals surface area contributed by atoms with Gasteiger partial charge in [-0.05, 0) is 58.9 Å². The van der Waals surface area contributed by atoms with Crippen LogP contribution in [0.3, 0.4) is 0 Å². The van der Waals surface area contributed by atoms with E-state index in [1.54, 1.807) is 11.3 Å². The van der Waals surface area contributed by atoms with E-state index in [1.807, 2.05) is 6.92 Å². The Morgan fingerprint density at radius 2 is 1.86 bits per heavy atom. The first-order valence-electron chi connectivity index (χ1n) is 9.05. The fraction of sp³-hybridized carbons (Fsp3) is 0.476. The van der Waals surface area contributed by atoms with E-state index in [0.717, 1.165) is 18.4 Å². The number of halogens is 4. The molecular weight excluding hydrogens is 636 g/mol. The van der Waals surface area contributed by atoms with Gasteiger partial charge in [0.05, 0.1) is 10.2 Å². The summed E-state index contributed by atoms with van der Waals surface area (Å²) in [7, 11) is 0. The molecule has 1 saturated carbocycles. The molecule has 2 nitrogen and oxygen atoms in total. The van der Waals surface area contributed by atoms with E-state index in [0.29, 0.717) is 0 Å². The molecule has 2 aliphatic carbocycles. The smallest absolute Gasteiger partial charge is 0.310 e. The maximum atomic E-state index is 12.6. The first kappa shape index (κ1) is 21.5. The summed E-state index contributed by atoms with van der Waals surface area (Å²) in [6.45, 7) is 6.04. The molecule has 0 amide bonds. The van der Waals surface area contributed by atoms with Crippen molar-refractivity contribution in [3.63, 3.8) is 0 Å². The van der Waals surface area contributed by atoms with Gasteiger partial charge in [-0.2, -0.15) is 0 Å². The molecule has 4 rings (SSSR count).